The second-order valence-corrected chi connectivity index (χ2v) is 5.42. The van der Waals surface area contributed by atoms with E-state index < -0.39 is 0 Å². The maximum Gasteiger partial charge on any atom is 0.315 e. The van der Waals surface area contributed by atoms with Gasteiger partial charge in [0.05, 0.1) is 24.9 Å². The van der Waals surface area contributed by atoms with Crippen LogP contribution in [0.1, 0.15) is 11.3 Å². The lowest BCUT2D eigenvalue weighted by molar-refractivity contribution is 0.240. The molecule has 0 aliphatic carbocycles. The number of aromatic nitrogens is 1. The summed E-state index contributed by atoms with van der Waals surface area (Å²) in [6.07, 6.45) is 0.660. The van der Waals surface area contributed by atoms with Crippen LogP contribution in [0.2, 0.25) is 5.02 Å². The summed E-state index contributed by atoms with van der Waals surface area (Å²) < 4.78 is 5.09. The number of rotatable bonds is 6. The van der Waals surface area contributed by atoms with Crippen molar-refractivity contribution in [2.45, 2.75) is 13.0 Å². The van der Waals surface area contributed by atoms with Gasteiger partial charge in [-0.15, -0.1) is 11.3 Å². The highest BCUT2D eigenvalue weighted by atomic mass is 35.5. The Bertz CT molecular complexity index is 590. The summed E-state index contributed by atoms with van der Waals surface area (Å²) in [7, 11) is 1.60. The number of hydrogen-bond donors (Lipinski definition) is 2. The zero-order valence-electron chi connectivity index (χ0n) is 11.6. The highest BCUT2D eigenvalue weighted by Crippen LogP contribution is 2.22. The molecule has 7 heteroatoms. The Hall–Kier alpha value is -1.79. The van der Waals surface area contributed by atoms with Gasteiger partial charge in [-0.25, -0.2) is 9.78 Å². The number of ether oxygens (including phenoxy) is 1. The lowest BCUT2D eigenvalue weighted by Gasteiger charge is -2.08. The number of halogens is 1. The van der Waals surface area contributed by atoms with E-state index >= 15 is 0 Å². The number of hydrogen-bond acceptors (Lipinski definition) is 4. The molecule has 1 aromatic carbocycles. The van der Waals surface area contributed by atoms with E-state index in [-0.39, 0.29) is 6.03 Å². The Morgan fingerprint density at radius 3 is 2.95 bits per heavy atom. The number of amides is 2. The van der Waals surface area contributed by atoms with Crippen molar-refractivity contribution >= 4 is 29.0 Å². The molecule has 0 saturated carbocycles. The Morgan fingerprint density at radius 1 is 1.43 bits per heavy atom. The van der Waals surface area contributed by atoms with Crippen molar-refractivity contribution in [2.24, 2.45) is 0 Å². The first-order valence-corrected chi connectivity index (χ1v) is 7.72. The molecule has 5 nitrogen and oxygen atoms in total. The quantitative estimate of drug-likeness (QED) is 0.858. The highest BCUT2D eigenvalue weighted by molar-refractivity contribution is 7.07. The number of urea groups is 1. The minimum absolute atomic E-state index is 0.215. The Kier molecular flexibility index (Phi) is 5.83. The zero-order valence-corrected chi connectivity index (χ0v) is 13.1. The molecule has 0 unspecified atom stereocenters. The van der Waals surface area contributed by atoms with Crippen molar-refractivity contribution in [3.63, 3.8) is 0 Å². The van der Waals surface area contributed by atoms with Crippen LogP contribution >= 0.6 is 22.9 Å². The van der Waals surface area contributed by atoms with Gasteiger partial charge in [0.2, 0.25) is 0 Å². The standard InChI is InChI=1S/C14H16ClN3O2S/c1-20-12-3-2-10(13(15)6-12)4-5-16-14(19)17-7-11-8-21-9-18-11/h2-3,6,8-9H,4-5,7H2,1H3,(H2,16,17,19). The fourth-order valence-corrected chi connectivity index (χ4v) is 2.55. The number of methoxy groups -OCH3 is 1. The summed E-state index contributed by atoms with van der Waals surface area (Å²) >= 11 is 7.64. The van der Waals surface area contributed by atoms with Crippen LogP contribution in [0.25, 0.3) is 0 Å². The summed E-state index contributed by atoms with van der Waals surface area (Å²) in [6, 6.07) is 5.30. The second-order valence-electron chi connectivity index (χ2n) is 4.30. The van der Waals surface area contributed by atoms with Crippen molar-refractivity contribution in [1.82, 2.24) is 15.6 Å². The van der Waals surface area contributed by atoms with E-state index in [0.29, 0.717) is 24.5 Å². The van der Waals surface area contributed by atoms with E-state index in [0.717, 1.165) is 17.0 Å². The first-order chi connectivity index (χ1) is 10.2. The van der Waals surface area contributed by atoms with Crippen LogP contribution < -0.4 is 15.4 Å². The first kappa shape index (κ1) is 15.6. The third-order valence-corrected chi connectivity index (χ3v) is 3.84. The number of carbonyl (C=O) groups excluding carboxylic acids is 1. The second kappa shape index (κ2) is 7.85. The van der Waals surface area contributed by atoms with Gasteiger partial charge in [0, 0.05) is 16.9 Å². The third-order valence-electron chi connectivity index (χ3n) is 2.85. The van der Waals surface area contributed by atoms with Crippen LogP contribution in [-0.4, -0.2) is 24.7 Å². The number of benzene rings is 1. The molecule has 21 heavy (non-hydrogen) atoms. The van der Waals surface area contributed by atoms with Gasteiger partial charge in [-0.2, -0.15) is 0 Å². The molecule has 1 aromatic heterocycles. The SMILES string of the molecule is COc1ccc(CCNC(=O)NCc2cscn2)c(Cl)c1. The van der Waals surface area contributed by atoms with Gasteiger partial charge in [0.15, 0.2) is 0 Å². The van der Waals surface area contributed by atoms with Gasteiger partial charge in [0.25, 0.3) is 0 Å². The molecular weight excluding hydrogens is 310 g/mol. The summed E-state index contributed by atoms with van der Waals surface area (Å²) in [6.45, 7) is 0.938. The van der Waals surface area contributed by atoms with E-state index in [1.54, 1.807) is 18.7 Å². The Morgan fingerprint density at radius 2 is 2.29 bits per heavy atom. The molecule has 112 valence electrons. The van der Waals surface area contributed by atoms with Crippen molar-refractivity contribution in [3.8, 4) is 5.75 Å². The molecule has 0 radical (unpaired) electrons. The maximum atomic E-state index is 11.6. The molecule has 2 amide bonds. The molecule has 0 saturated heterocycles. The van der Waals surface area contributed by atoms with E-state index in [1.165, 1.54) is 11.3 Å². The summed E-state index contributed by atoms with van der Waals surface area (Å²) in [5.74, 6) is 0.720. The highest BCUT2D eigenvalue weighted by Gasteiger charge is 2.04. The first-order valence-electron chi connectivity index (χ1n) is 6.40. The predicted molar refractivity (Wildman–Crippen MR) is 84.1 cm³/mol. The normalized spacial score (nSPS) is 10.2. The van der Waals surface area contributed by atoms with E-state index in [2.05, 4.69) is 15.6 Å². The average molecular weight is 326 g/mol. The van der Waals surface area contributed by atoms with Crippen LogP contribution in [0.5, 0.6) is 5.75 Å². The fraction of sp³-hybridized carbons (Fsp3) is 0.286. The van der Waals surface area contributed by atoms with Gasteiger partial charge >= 0.3 is 6.03 Å². The third kappa shape index (κ3) is 4.91. The van der Waals surface area contributed by atoms with Crippen LogP contribution in [0.15, 0.2) is 29.1 Å². The lowest BCUT2D eigenvalue weighted by Crippen LogP contribution is -2.36. The van der Waals surface area contributed by atoms with Crippen LogP contribution in [-0.2, 0) is 13.0 Å². The molecule has 2 N–H and O–H groups in total. The molecule has 1 heterocycles. The van der Waals surface area contributed by atoms with E-state index in [4.69, 9.17) is 16.3 Å². The Balaban J connectivity index is 1.72. The van der Waals surface area contributed by atoms with Crippen molar-refractivity contribution in [1.29, 1.82) is 0 Å². The summed E-state index contributed by atoms with van der Waals surface area (Å²) in [4.78, 5) is 15.7. The molecule has 0 aliphatic rings. The van der Waals surface area contributed by atoms with Crippen molar-refractivity contribution in [2.75, 3.05) is 13.7 Å². The molecular formula is C14H16ClN3O2S. The lowest BCUT2D eigenvalue weighted by atomic mass is 10.1. The summed E-state index contributed by atoms with van der Waals surface area (Å²) in [5.41, 5.74) is 3.56. The molecule has 0 bridgehead atoms. The van der Waals surface area contributed by atoms with Crippen LogP contribution in [0.4, 0.5) is 4.79 Å². The predicted octanol–water partition coefficient (Wildman–Crippen LogP) is 2.85. The monoisotopic (exact) mass is 325 g/mol. The van der Waals surface area contributed by atoms with Gasteiger partial charge < -0.3 is 15.4 Å². The molecule has 2 aromatic rings. The van der Waals surface area contributed by atoms with Crippen LogP contribution in [0, 0.1) is 0 Å². The molecule has 0 aliphatic heterocycles. The molecule has 0 spiro atoms. The number of nitrogens with zero attached hydrogens (tertiary/aromatic N) is 1. The largest absolute Gasteiger partial charge is 0.497 e. The van der Waals surface area contributed by atoms with Gasteiger partial charge in [-0.1, -0.05) is 17.7 Å². The number of thiazole rings is 1. The van der Waals surface area contributed by atoms with Crippen LogP contribution in [0.3, 0.4) is 0 Å². The van der Waals surface area contributed by atoms with Crippen molar-refractivity contribution in [3.05, 3.63) is 45.4 Å². The van der Waals surface area contributed by atoms with E-state index in [1.807, 2.05) is 17.5 Å². The zero-order chi connectivity index (χ0) is 15.1. The van der Waals surface area contributed by atoms with Crippen molar-refractivity contribution < 1.29 is 9.53 Å². The minimum Gasteiger partial charge on any atom is -0.497 e. The molecule has 0 fully saturated rings. The Labute approximate surface area is 132 Å². The minimum atomic E-state index is -0.215. The molecule has 2 rings (SSSR count). The fourth-order valence-electron chi connectivity index (χ4n) is 1.73. The van der Waals surface area contributed by atoms with Gasteiger partial charge in [-0.05, 0) is 24.1 Å². The smallest absolute Gasteiger partial charge is 0.315 e. The number of nitrogens with one attached hydrogen (secondary N) is 2. The van der Waals surface area contributed by atoms with E-state index in [9.17, 15) is 4.79 Å². The average Bonchev–Trinajstić information content (AvgIpc) is 3.00. The number of carbonyl (C=O) groups is 1. The maximum absolute atomic E-state index is 11.6. The summed E-state index contributed by atoms with van der Waals surface area (Å²) in [5, 5.41) is 8.07. The molecule has 0 atom stereocenters. The van der Waals surface area contributed by atoms with Gasteiger partial charge in [-0.3, -0.25) is 0 Å². The van der Waals surface area contributed by atoms with Gasteiger partial charge in [0.1, 0.15) is 5.75 Å². The topological polar surface area (TPSA) is 63.2 Å².